The summed E-state index contributed by atoms with van der Waals surface area (Å²) in [6.07, 6.45) is 12.4. The minimum absolute atomic E-state index is 0.141. The van der Waals surface area contributed by atoms with Crippen molar-refractivity contribution in [3.63, 3.8) is 0 Å². The van der Waals surface area contributed by atoms with Gasteiger partial charge in [-0.15, -0.1) is 11.3 Å². The number of allylic oxidation sites excluding steroid dienone is 1. The molecule has 0 amide bonds. The fraction of sp³-hybridized carbons (Fsp3) is 0.690. The second-order valence-electron chi connectivity index (χ2n) is 12.7. The minimum atomic E-state index is -3.40. The summed E-state index contributed by atoms with van der Waals surface area (Å²) in [4.78, 5) is 4.49. The van der Waals surface area contributed by atoms with Crippen LogP contribution in [0.4, 0.5) is 0 Å². The number of rotatable bonds is 5. The quantitative estimate of drug-likeness (QED) is 0.158. The molecule has 0 spiro atoms. The fourth-order valence-corrected chi connectivity index (χ4v) is 13.0. The van der Waals surface area contributed by atoms with Crippen LogP contribution in [0.2, 0.25) is 0 Å². The Hall–Kier alpha value is -0.460. The van der Waals surface area contributed by atoms with Gasteiger partial charge in [-0.1, -0.05) is 19.1 Å². The maximum absolute atomic E-state index is 13.5. The van der Waals surface area contributed by atoms with Gasteiger partial charge >= 0.3 is 146 Å². The predicted octanol–water partition coefficient (Wildman–Crippen LogP) is 7.73. The number of aromatic nitrogens is 1. The number of hydrogen-bond acceptors (Lipinski definition) is 6. The number of sulfone groups is 1. The van der Waals surface area contributed by atoms with Gasteiger partial charge in [-0.25, -0.2) is 13.4 Å². The van der Waals surface area contributed by atoms with Crippen LogP contribution in [0.1, 0.15) is 72.1 Å². The van der Waals surface area contributed by atoms with Crippen LogP contribution >= 0.6 is 19.2 Å². The van der Waals surface area contributed by atoms with Gasteiger partial charge in [0.05, 0.1) is 16.0 Å². The van der Waals surface area contributed by atoms with Gasteiger partial charge in [-0.2, -0.15) is 0 Å². The number of thiol groups is 1. The van der Waals surface area contributed by atoms with Gasteiger partial charge in [-0.05, 0) is 12.1 Å². The number of para-hydroxylation sites is 1. The number of fused-ring (bicyclic) bond motifs is 6. The van der Waals surface area contributed by atoms with Crippen LogP contribution in [0.15, 0.2) is 40.3 Å². The Balaban J connectivity index is 1.20. The molecule has 4 aliphatic carbocycles. The van der Waals surface area contributed by atoms with Crippen LogP contribution in [0, 0.1) is 40.4 Å². The maximum atomic E-state index is 13.5. The van der Waals surface area contributed by atoms with Crippen molar-refractivity contribution in [3.05, 3.63) is 35.9 Å². The van der Waals surface area contributed by atoms with Gasteiger partial charge < -0.3 is 0 Å². The SMILES string of the molecule is C[C@H](CS(=O)(=O)c1nc2ccccc2s1)[C@H]1CC[C@H]2[C@@H]3CC=C4C[C@@H](O[SH-]#P)CC[C@]4(C)[C@H]3CC[C@]12C. The van der Waals surface area contributed by atoms with Crippen molar-refractivity contribution in [2.24, 2.45) is 40.4 Å². The van der Waals surface area contributed by atoms with E-state index in [-0.39, 0.29) is 17.1 Å². The fourth-order valence-electron chi connectivity index (χ4n) is 9.28. The van der Waals surface area contributed by atoms with Gasteiger partial charge in [0.1, 0.15) is 0 Å². The van der Waals surface area contributed by atoms with Crippen molar-refractivity contribution in [2.75, 3.05) is 5.75 Å². The molecule has 0 bridgehead atoms. The summed E-state index contributed by atoms with van der Waals surface area (Å²) in [6.45, 7) is 7.23. The first-order chi connectivity index (χ1) is 17.7. The first kappa shape index (κ1) is 26.7. The molecule has 4 aliphatic rings. The van der Waals surface area contributed by atoms with Crippen molar-refractivity contribution in [2.45, 2.75) is 82.6 Å². The van der Waals surface area contributed by atoms with E-state index in [1.54, 1.807) is 5.57 Å². The Kier molecular flexibility index (Phi) is 7.14. The zero-order chi connectivity index (χ0) is 26.0. The van der Waals surface area contributed by atoms with Crippen LogP contribution in [-0.2, 0) is 25.0 Å². The molecular weight excluding hydrogens is 537 g/mol. The summed E-state index contributed by atoms with van der Waals surface area (Å²) in [5.41, 5.74) is 2.96. The van der Waals surface area contributed by atoms with E-state index in [4.69, 9.17) is 4.18 Å². The molecule has 2 aromatic rings. The van der Waals surface area contributed by atoms with Crippen LogP contribution in [0.3, 0.4) is 0 Å². The zero-order valence-electron chi connectivity index (χ0n) is 22.1. The second-order valence-corrected chi connectivity index (χ2v) is 16.8. The van der Waals surface area contributed by atoms with Crippen LogP contribution in [0.5, 0.6) is 0 Å². The summed E-state index contributed by atoms with van der Waals surface area (Å²) in [5.74, 6) is 2.98. The Morgan fingerprint density at radius 2 is 1.97 bits per heavy atom. The van der Waals surface area contributed by atoms with Gasteiger partial charge in [0.25, 0.3) is 0 Å². The summed E-state index contributed by atoms with van der Waals surface area (Å²) in [7, 11) is 0.865. The van der Waals surface area contributed by atoms with Crippen molar-refractivity contribution >= 4 is 50.2 Å². The number of benzene rings is 1. The Morgan fingerprint density at radius 3 is 2.76 bits per heavy atom. The molecule has 4 nitrogen and oxygen atoms in total. The van der Waals surface area contributed by atoms with E-state index in [2.05, 4.69) is 39.6 Å². The van der Waals surface area contributed by atoms with Crippen molar-refractivity contribution in [1.29, 1.82) is 0 Å². The molecule has 37 heavy (non-hydrogen) atoms. The molecule has 1 aromatic carbocycles. The summed E-state index contributed by atoms with van der Waals surface area (Å²) in [6, 6.07) is 7.72. The molecule has 1 aromatic heterocycles. The molecule has 0 saturated heterocycles. The predicted molar refractivity (Wildman–Crippen MR) is 157 cm³/mol. The molecule has 0 unspecified atom stereocenters. The summed E-state index contributed by atoms with van der Waals surface area (Å²) in [5, 5.41) is 0. The molecule has 0 N–H and O–H groups in total. The van der Waals surface area contributed by atoms with E-state index in [0.717, 1.165) is 52.3 Å². The zero-order valence-corrected chi connectivity index (χ0v) is 25.5. The average Bonchev–Trinajstić information content (AvgIpc) is 3.46. The first-order valence-electron chi connectivity index (χ1n) is 13.9. The molecule has 8 heteroatoms. The van der Waals surface area contributed by atoms with E-state index in [9.17, 15) is 8.42 Å². The molecule has 202 valence electrons. The monoisotopic (exact) mass is 576 g/mol. The molecule has 1 heterocycles. The van der Waals surface area contributed by atoms with E-state index >= 15 is 0 Å². The van der Waals surface area contributed by atoms with Gasteiger partial charge in [0.2, 0.25) is 14.2 Å². The Labute approximate surface area is 231 Å². The molecule has 3 fully saturated rings. The number of hydrogen-bond donors (Lipinski definition) is 0. The van der Waals surface area contributed by atoms with Crippen LogP contribution in [0.25, 0.3) is 10.2 Å². The molecule has 0 radical (unpaired) electrons. The van der Waals surface area contributed by atoms with E-state index < -0.39 is 9.84 Å². The van der Waals surface area contributed by atoms with Crippen molar-refractivity contribution in [3.8, 4) is 0 Å². The van der Waals surface area contributed by atoms with E-state index in [1.165, 1.54) is 43.4 Å². The van der Waals surface area contributed by atoms with E-state index in [1.807, 2.05) is 24.3 Å². The van der Waals surface area contributed by atoms with Crippen LogP contribution < -0.4 is 0 Å². The second kappa shape index (κ2) is 9.87. The third-order valence-electron chi connectivity index (χ3n) is 11.0. The van der Waals surface area contributed by atoms with Gasteiger partial charge in [-0.3, -0.25) is 0 Å². The molecule has 8 atom stereocenters. The third-order valence-corrected chi connectivity index (χ3v) is 15.1. The Morgan fingerprint density at radius 1 is 1.16 bits per heavy atom. The topological polar surface area (TPSA) is 56.3 Å². The molecule has 3 saturated carbocycles. The summed E-state index contributed by atoms with van der Waals surface area (Å²) >= 11 is 2.06. The summed E-state index contributed by atoms with van der Waals surface area (Å²) < 4.78 is 34.0. The molecule has 0 aliphatic heterocycles. The third kappa shape index (κ3) is 4.47. The van der Waals surface area contributed by atoms with Crippen molar-refractivity contribution in [1.82, 2.24) is 4.98 Å². The average molecular weight is 577 g/mol. The molecule has 6 rings (SSSR count). The van der Waals surface area contributed by atoms with E-state index in [0.29, 0.717) is 27.7 Å². The Bertz CT molecular complexity index is 1350. The normalized spacial score (nSPS) is 38.4. The van der Waals surface area contributed by atoms with Crippen molar-refractivity contribution < 1.29 is 12.6 Å². The first-order valence-corrected chi connectivity index (χ1v) is 18.4. The van der Waals surface area contributed by atoms with Gasteiger partial charge in [0.15, 0.2) is 0 Å². The number of nitrogens with zero attached hydrogens (tertiary/aromatic N) is 1. The number of thiazole rings is 1. The van der Waals surface area contributed by atoms with Gasteiger partial charge in [0, 0.05) is 0 Å². The molecular formula is C29H39NO3PS3-. The van der Waals surface area contributed by atoms with Crippen LogP contribution in [-0.4, -0.2) is 25.3 Å². The standard InChI is InChI=1S/C29H39NO3PS3/c1-18(17-37(31,32)27-30-25-6-4-5-7-26(25)35-27)22-10-11-23-21-9-8-19-16-20(33-36-34)12-14-28(19,2)24(21)13-15-29(22,23)3/h4-8,18,20-24,36H,9-17H2,1-3H3/q-1/t18-,20+,21+,22-,23+,24+,28+,29-/m1/s1.